The molecule has 1 N–H and O–H groups in total. The first-order valence-corrected chi connectivity index (χ1v) is 8.73. The van der Waals surface area contributed by atoms with Gasteiger partial charge in [-0.25, -0.2) is 0 Å². The Bertz CT molecular complexity index is 415. The molecule has 106 valence electrons. The summed E-state index contributed by atoms with van der Waals surface area (Å²) in [4.78, 5) is 2.54. The lowest BCUT2D eigenvalue weighted by Crippen LogP contribution is -2.41. The van der Waals surface area contributed by atoms with Gasteiger partial charge in [-0.3, -0.25) is 0 Å². The highest BCUT2D eigenvalue weighted by Gasteiger charge is 2.23. The van der Waals surface area contributed by atoms with Crippen LogP contribution in [0.15, 0.2) is 22.7 Å². The number of rotatable bonds is 4. The van der Waals surface area contributed by atoms with E-state index in [9.17, 15) is 0 Å². The summed E-state index contributed by atoms with van der Waals surface area (Å²) in [5, 5.41) is 4.85. The molecule has 0 spiro atoms. The maximum absolute atomic E-state index is 3.61. The summed E-state index contributed by atoms with van der Waals surface area (Å²) in [7, 11) is 0. The van der Waals surface area contributed by atoms with E-state index in [-0.39, 0.29) is 0 Å². The van der Waals surface area contributed by atoms with Gasteiger partial charge in [0.05, 0.1) is 0 Å². The Balaban J connectivity index is 2.23. The van der Waals surface area contributed by atoms with E-state index in [4.69, 9.17) is 0 Å². The van der Waals surface area contributed by atoms with Crippen LogP contribution in [0.2, 0.25) is 0 Å². The second-order valence-corrected chi connectivity index (χ2v) is 8.01. The molecule has 19 heavy (non-hydrogen) atoms. The average molecular weight is 343 g/mol. The Morgan fingerprint density at radius 1 is 1.32 bits per heavy atom. The SMILES string of the molecule is CCNCc1ccc(Br)cc1N1CC(C)SC(C)C1. The lowest BCUT2D eigenvalue weighted by atomic mass is 10.1. The third-order valence-corrected chi connectivity index (χ3v) is 5.09. The molecule has 1 aromatic rings. The second kappa shape index (κ2) is 7.00. The van der Waals surface area contributed by atoms with Crippen LogP contribution in [0.5, 0.6) is 0 Å². The maximum Gasteiger partial charge on any atom is 0.0423 e. The van der Waals surface area contributed by atoms with Crippen molar-refractivity contribution in [2.45, 2.75) is 37.8 Å². The quantitative estimate of drug-likeness (QED) is 0.893. The summed E-state index contributed by atoms with van der Waals surface area (Å²) < 4.78 is 1.17. The van der Waals surface area contributed by atoms with Crippen LogP contribution in [0.3, 0.4) is 0 Å². The van der Waals surface area contributed by atoms with E-state index >= 15 is 0 Å². The predicted octanol–water partition coefficient (Wildman–Crippen LogP) is 3.89. The average Bonchev–Trinajstić information content (AvgIpc) is 2.36. The molecule has 1 saturated heterocycles. The first-order chi connectivity index (χ1) is 9.10. The number of nitrogens with zero attached hydrogens (tertiary/aromatic N) is 1. The third-order valence-electron chi connectivity index (χ3n) is 3.37. The van der Waals surface area contributed by atoms with Crippen LogP contribution >= 0.6 is 27.7 Å². The lowest BCUT2D eigenvalue weighted by molar-refractivity contribution is 0.700. The Morgan fingerprint density at radius 2 is 2.00 bits per heavy atom. The number of hydrogen-bond donors (Lipinski definition) is 1. The number of halogens is 1. The second-order valence-electron chi connectivity index (χ2n) is 5.22. The van der Waals surface area contributed by atoms with Crippen molar-refractivity contribution in [1.82, 2.24) is 5.32 Å². The summed E-state index contributed by atoms with van der Waals surface area (Å²) in [6, 6.07) is 6.64. The van der Waals surface area contributed by atoms with Crippen LogP contribution in [0, 0.1) is 0 Å². The molecule has 2 unspecified atom stereocenters. The lowest BCUT2D eigenvalue weighted by Gasteiger charge is -2.37. The summed E-state index contributed by atoms with van der Waals surface area (Å²) in [5.74, 6) is 0. The van der Waals surface area contributed by atoms with Crippen LogP contribution < -0.4 is 10.2 Å². The van der Waals surface area contributed by atoms with Gasteiger partial charge in [0, 0.05) is 40.3 Å². The van der Waals surface area contributed by atoms with E-state index in [0.717, 1.165) is 26.2 Å². The number of thioether (sulfide) groups is 1. The minimum atomic E-state index is 0.703. The summed E-state index contributed by atoms with van der Waals surface area (Å²) in [6.07, 6.45) is 0. The van der Waals surface area contributed by atoms with Gasteiger partial charge in [-0.15, -0.1) is 0 Å². The molecule has 0 radical (unpaired) electrons. The number of nitrogens with one attached hydrogen (secondary N) is 1. The molecule has 0 aromatic heterocycles. The smallest absolute Gasteiger partial charge is 0.0423 e. The van der Waals surface area contributed by atoms with Gasteiger partial charge in [0.2, 0.25) is 0 Å². The van der Waals surface area contributed by atoms with Crippen molar-refractivity contribution in [1.29, 1.82) is 0 Å². The molecule has 0 aliphatic carbocycles. The van der Waals surface area contributed by atoms with E-state index in [1.807, 2.05) is 0 Å². The summed E-state index contributed by atoms with van der Waals surface area (Å²) in [5.41, 5.74) is 2.78. The zero-order valence-corrected chi connectivity index (χ0v) is 14.4. The molecule has 4 heteroatoms. The fourth-order valence-corrected chi connectivity index (χ4v) is 4.29. The van der Waals surface area contributed by atoms with E-state index in [0.29, 0.717) is 10.5 Å². The fourth-order valence-electron chi connectivity index (χ4n) is 2.62. The van der Waals surface area contributed by atoms with E-state index in [2.05, 4.69) is 76.9 Å². The molecule has 2 nitrogen and oxygen atoms in total. The Labute approximate surface area is 129 Å². The van der Waals surface area contributed by atoms with Gasteiger partial charge >= 0.3 is 0 Å². The third kappa shape index (κ3) is 4.14. The van der Waals surface area contributed by atoms with Gasteiger partial charge in [0.15, 0.2) is 0 Å². The summed E-state index contributed by atoms with van der Waals surface area (Å²) >= 11 is 5.71. The molecule has 0 amide bonds. The molecule has 1 aliphatic heterocycles. The Morgan fingerprint density at radius 3 is 2.63 bits per heavy atom. The molecule has 2 rings (SSSR count). The zero-order chi connectivity index (χ0) is 13.8. The Hall–Kier alpha value is -0.190. The Kier molecular flexibility index (Phi) is 5.60. The normalized spacial score (nSPS) is 23.7. The molecule has 0 bridgehead atoms. The largest absolute Gasteiger partial charge is 0.369 e. The number of benzene rings is 1. The van der Waals surface area contributed by atoms with Crippen molar-refractivity contribution in [3.63, 3.8) is 0 Å². The van der Waals surface area contributed by atoms with Gasteiger partial charge in [-0.2, -0.15) is 11.8 Å². The zero-order valence-electron chi connectivity index (χ0n) is 11.9. The van der Waals surface area contributed by atoms with Crippen molar-refractivity contribution in [3.05, 3.63) is 28.2 Å². The van der Waals surface area contributed by atoms with Crippen molar-refractivity contribution in [2.24, 2.45) is 0 Å². The standard InChI is InChI=1S/C15H23BrN2S/c1-4-17-8-13-5-6-14(16)7-15(13)18-9-11(2)19-12(3)10-18/h5-7,11-12,17H,4,8-10H2,1-3H3. The summed E-state index contributed by atoms with van der Waals surface area (Å²) in [6.45, 7) is 11.1. The minimum absolute atomic E-state index is 0.703. The van der Waals surface area contributed by atoms with Gasteiger partial charge in [0.25, 0.3) is 0 Å². The minimum Gasteiger partial charge on any atom is -0.369 e. The molecule has 1 fully saturated rings. The van der Waals surface area contributed by atoms with Crippen molar-refractivity contribution in [3.8, 4) is 0 Å². The predicted molar refractivity (Wildman–Crippen MR) is 90.3 cm³/mol. The molecular weight excluding hydrogens is 320 g/mol. The first-order valence-electron chi connectivity index (χ1n) is 6.99. The molecule has 0 saturated carbocycles. The van der Waals surface area contributed by atoms with Crippen molar-refractivity contribution < 1.29 is 0 Å². The first kappa shape index (κ1) is 15.2. The highest BCUT2D eigenvalue weighted by molar-refractivity contribution is 9.10. The van der Waals surface area contributed by atoms with Gasteiger partial charge < -0.3 is 10.2 Å². The highest BCUT2D eigenvalue weighted by Crippen LogP contribution is 2.32. The van der Waals surface area contributed by atoms with Crippen LogP contribution in [-0.4, -0.2) is 30.1 Å². The van der Waals surface area contributed by atoms with E-state index < -0.39 is 0 Å². The van der Waals surface area contributed by atoms with Crippen molar-refractivity contribution >= 4 is 33.4 Å². The molecule has 1 heterocycles. The monoisotopic (exact) mass is 342 g/mol. The van der Waals surface area contributed by atoms with Gasteiger partial charge in [0.1, 0.15) is 0 Å². The van der Waals surface area contributed by atoms with Gasteiger partial charge in [-0.1, -0.05) is 42.8 Å². The molecule has 2 atom stereocenters. The van der Waals surface area contributed by atoms with Crippen molar-refractivity contribution in [2.75, 3.05) is 24.5 Å². The highest BCUT2D eigenvalue weighted by atomic mass is 79.9. The number of hydrogen-bond acceptors (Lipinski definition) is 3. The molecular formula is C15H23BrN2S. The number of anilines is 1. The maximum atomic E-state index is 3.61. The topological polar surface area (TPSA) is 15.3 Å². The van der Waals surface area contributed by atoms with Crippen LogP contribution in [0.25, 0.3) is 0 Å². The fraction of sp³-hybridized carbons (Fsp3) is 0.600. The van der Waals surface area contributed by atoms with Crippen LogP contribution in [-0.2, 0) is 6.54 Å². The van der Waals surface area contributed by atoms with E-state index in [1.54, 1.807) is 0 Å². The molecule has 1 aliphatic rings. The molecule has 1 aromatic carbocycles. The van der Waals surface area contributed by atoms with Crippen LogP contribution in [0.1, 0.15) is 26.3 Å². The van der Waals surface area contributed by atoms with E-state index in [1.165, 1.54) is 15.7 Å². The van der Waals surface area contributed by atoms with Crippen LogP contribution in [0.4, 0.5) is 5.69 Å². The van der Waals surface area contributed by atoms with Gasteiger partial charge in [-0.05, 0) is 24.2 Å².